The van der Waals surface area contributed by atoms with Gasteiger partial charge in [0.1, 0.15) is 0 Å². The van der Waals surface area contributed by atoms with E-state index in [-0.39, 0.29) is 0 Å². The fourth-order valence-corrected chi connectivity index (χ4v) is 3.07. The van der Waals surface area contributed by atoms with Gasteiger partial charge >= 0.3 is 0 Å². The molecule has 2 bridgehead atoms. The van der Waals surface area contributed by atoms with Crippen LogP contribution in [0.2, 0.25) is 0 Å². The number of hydrogen-bond acceptors (Lipinski definition) is 4. The molecule has 86 valence electrons. The Morgan fingerprint density at radius 3 is 2.56 bits per heavy atom. The maximum absolute atomic E-state index is 4.25. The van der Waals surface area contributed by atoms with E-state index in [1.807, 2.05) is 6.07 Å². The highest BCUT2D eigenvalue weighted by Gasteiger charge is 2.39. The molecule has 0 saturated carbocycles. The number of nitrogens with zero attached hydrogens (tertiary/aromatic N) is 3. The number of aromatic nitrogens is 2. The van der Waals surface area contributed by atoms with E-state index in [0.29, 0.717) is 12.1 Å². The molecule has 3 saturated heterocycles. The zero-order chi connectivity index (χ0) is 11.0. The van der Waals surface area contributed by atoms with Gasteiger partial charge in [-0.15, -0.1) is 0 Å². The van der Waals surface area contributed by atoms with Crippen molar-refractivity contribution in [1.29, 1.82) is 0 Å². The average molecular weight is 218 g/mol. The summed E-state index contributed by atoms with van der Waals surface area (Å²) >= 11 is 0. The predicted octanol–water partition coefficient (Wildman–Crippen LogP) is 1.37. The summed E-state index contributed by atoms with van der Waals surface area (Å²) in [6, 6.07) is 2.98. The van der Waals surface area contributed by atoms with Crippen LogP contribution in [0, 0.1) is 5.92 Å². The van der Waals surface area contributed by atoms with E-state index in [1.165, 1.54) is 25.9 Å². The monoisotopic (exact) mass is 218 g/mol. The van der Waals surface area contributed by atoms with Gasteiger partial charge in [0.2, 0.25) is 5.95 Å². The molecule has 1 N–H and O–H groups in total. The van der Waals surface area contributed by atoms with Gasteiger partial charge in [-0.05, 0) is 44.8 Å². The molecule has 2 unspecified atom stereocenters. The minimum Gasteiger partial charge on any atom is -0.350 e. The van der Waals surface area contributed by atoms with E-state index in [4.69, 9.17) is 0 Å². The Hall–Kier alpha value is -1.16. The standard InChI is InChI=1S/C12H18N4/c1-9-11(10-3-7-16(9)8-4-10)15-12-13-5-2-6-14-12/h2,5-6,9-11H,3-4,7-8H2,1H3,(H,13,14,15). The molecule has 4 heteroatoms. The van der Waals surface area contributed by atoms with Crippen LogP contribution in [0.3, 0.4) is 0 Å². The lowest BCUT2D eigenvalue weighted by Gasteiger charge is -2.49. The van der Waals surface area contributed by atoms with E-state index in [1.54, 1.807) is 12.4 Å². The fraction of sp³-hybridized carbons (Fsp3) is 0.667. The lowest BCUT2D eigenvalue weighted by atomic mass is 9.79. The van der Waals surface area contributed by atoms with Gasteiger partial charge in [0.25, 0.3) is 0 Å². The van der Waals surface area contributed by atoms with Crippen LogP contribution in [-0.4, -0.2) is 40.0 Å². The molecule has 4 rings (SSSR count). The second kappa shape index (κ2) is 4.01. The largest absolute Gasteiger partial charge is 0.350 e. The third-order valence-corrected chi connectivity index (χ3v) is 4.04. The van der Waals surface area contributed by atoms with Crippen molar-refractivity contribution in [2.75, 3.05) is 18.4 Å². The van der Waals surface area contributed by atoms with Gasteiger partial charge in [-0.1, -0.05) is 0 Å². The molecular weight excluding hydrogens is 200 g/mol. The summed E-state index contributed by atoms with van der Waals surface area (Å²) in [7, 11) is 0. The zero-order valence-corrected chi connectivity index (χ0v) is 9.63. The second-order valence-electron chi connectivity index (χ2n) is 4.86. The van der Waals surface area contributed by atoms with Crippen LogP contribution in [0.5, 0.6) is 0 Å². The normalized spacial score (nSPS) is 37.3. The van der Waals surface area contributed by atoms with Gasteiger partial charge < -0.3 is 5.32 Å². The highest BCUT2D eigenvalue weighted by molar-refractivity contribution is 5.26. The van der Waals surface area contributed by atoms with E-state index >= 15 is 0 Å². The Morgan fingerprint density at radius 1 is 1.25 bits per heavy atom. The summed E-state index contributed by atoms with van der Waals surface area (Å²) in [4.78, 5) is 11.1. The Labute approximate surface area is 96.1 Å². The van der Waals surface area contributed by atoms with Crippen LogP contribution in [-0.2, 0) is 0 Å². The van der Waals surface area contributed by atoms with Crippen molar-refractivity contribution in [3.8, 4) is 0 Å². The summed E-state index contributed by atoms with van der Waals surface area (Å²) in [6.45, 7) is 4.84. The second-order valence-corrected chi connectivity index (χ2v) is 4.86. The minimum absolute atomic E-state index is 0.518. The first-order chi connectivity index (χ1) is 7.84. The minimum atomic E-state index is 0.518. The smallest absolute Gasteiger partial charge is 0.222 e. The first kappa shape index (κ1) is 10.0. The van der Waals surface area contributed by atoms with Crippen LogP contribution >= 0.6 is 0 Å². The van der Waals surface area contributed by atoms with Crippen LogP contribution < -0.4 is 5.32 Å². The first-order valence-electron chi connectivity index (χ1n) is 6.12. The zero-order valence-electron chi connectivity index (χ0n) is 9.63. The number of nitrogens with one attached hydrogen (secondary N) is 1. The molecule has 16 heavy (non-hydrogen) atoms. The third-order valence-electron chi connectivity index (χ3n) is 4.04. The van der Waals surface area contributed by atoms with Gasteiger partial charge in [-0.2, -0.15) is 0 Å². The Kier molecular flexibility index (Phi) is 2.52. The van der Waals surface area contributed by atoms with Gasteiger partial charge in [-0.3, -0.25) is 4.90 Å². The van der Waals surface area contributed by atoms with Gasteiger partial charge in [0, 0.05) is 24.5 Å². The van der Waals surface area contributed by atoms with Crippen LogP contribution in [0.25, 0.3) is 0 Å². The Bertz CT molecular complexity index is 343. The van der Waals surface area contributed by atoms with Gasteiger partial charge in [0.05, 0.1) is 0 Å². The predicted molar refractivity (Wildman–Crippen MR) is 63.2 cm³/mol. The molecule has 0 aromatic carbocycles. The number of hydrogen-bond donors (Lipinski definition) is 1. The summed E-state index contributed by atoms with van der Waals surface area (Å²) in [5.41, 5.74) is 0. The number of piperidine rings is 3. The summed E-state index contributed by atoms with van der Waals surface area (Å²) in [6.07, 6.45) is 6.21. The van der Waals surface area contributed by atoms with Crippen molar-refractivity contribution >= 4 is 5.95 Å². The van der Waals surface area contributed by atoms with E-state index in [2.05, 4.69) is 27.1 Å². The molecule has 0 amide bonds. The molecular formula is C12H18N4. The summed E-state index contributed by atoms with van der Waals surface area (Å²) in [5, 5.41) is 3.50. The van der Waals surface area contributed by atoms with Gasteiger partial charge in [0.15, 0.2) is 0 Å². The molecule has 3 fully saturated rings. The number of fused-ring (bicyclic) bond motifs is 3. The van der Waals surface area contributed by atoms with Crippen LogP contribution in [0.1, 0.15) is 19.8 Å². The maximum atomic E-state index is 4.25. The lowest BCUT2D eigenvalue weighted by Crippen LogP contribution is -2.59. The first-order valence-corrected chi connectivity index (χ1v) is 6.12. The van der Waals surface area contributed by atoms with Gasteiger partial charge in [-0.25, -0.2) is 9.97 Å². The van der Waals surface area contributed by atoms with Crippen molar-refractivity contribution in [2.45, 2.75) is 31.8 Å². The number of anilines is 1. The topological polar surface area (TPSA) is 41.1 Å². The van der Waals surface area contributed by atoms with E-state index < -0.39 is 0 Å². The SMILES string of the molecule is CC1C(Nc2ncccn2)C2CCN1CC2. The molecule has 3 aliphatic rings. The highest BCUT2D eigenvalue weighted by atomic mass is 15.2. The molecule has 2 atom stereocenters. The van der Waals surface area contributed by atoms with Crippen molar-refractivity contribution < 1.29 is 0 Å². The molecule has 1 aromatic rings. The molecule has 0 radical (unpaired) electrons. The van der Waals surface area contributed by atoms with Crippen molar-refractivity contribution in [3.63, 3.8) is 0 Å². The molecule has 0 aliphatic carbocycles. The molecule has 0 spiro atoms. The molecule has 4 nitrogen and oxygen atoms in total. The Balaban J connectivity index is 1.75. The third kappa shape index (κ3) is 1.67. The summed E-state index contributed by atoms with van der Waals surface area (Å²) < 4.78 is 0. The van der Waals surface area contributed by atoms with E-state index in [0.717, 1.165) is 11.9 Å². The van der Waals surface area contributed by atoms with Crippen molar-refractivity contribution in [2.24, 2.45) is 5.92 Å². The quantitative estimate of drug-likeness (QED) is 0.814. The summed E-state index contributed by atoms with van der Waals surface area (Å²) in [5.74, 6) is 1.57. The Morgan fingerprint density at radius 2 is 1.94 bits per heavy atom. The maximum Gasteiger partial charge on any atom is 0.222 e. The van der Waals surface area contributed by atoms with E-state index in [9.17, 15) is 0 Å². The lowest BCUT2D eigenvalue weighted by molar-refractivity contribution is 0.0455. The van der Waals surface area contributed by atoms with Crippen LogP contribution in [0.15, 0.2) is 18.5 Å². The highest BCUT2D eigenvalue weighted by Crippen LogP contribution is 2.33. The fourth-order valence-electron chi connectivity index (χ4n) is 3.07. The van der Waals surface area contributed by atoms with Crippen LogP contribution in [0.4, 0.5) is 5.95 Å². The van der Waals surface area contributed by atoms with Crippen molar-refractivity contribution in [1.82, 2.24) is 14.9 Å². The average Bonchev–Trinajstić information content (AvgIpc) is 2.36. The van der Waals surface area contributed by atoms with Crippen molar-refractivity contribution in [3.05, 3.63) is 18.5 Å². The molecule has 4 heterocycles. The number of rotatable bonds is 2. The molecule has 3 aliphatic heterocycles. The molecule has 1 aromatic heterocycles.